The third-order valence-electron chi connectivity index (χ3n) is 8.97. The number of likely N-dealkylation sites (tertiary alicyclic amines) is 1. The van der Waals surface area contributed by atoms with Gasteiger partial charge in [0.25, 0.3) is 0 Å². The van der Waals surface area contributed by atoms with Gasteiger partial charge in [0.15, 0.2) is 0 Å². The minimum Gasteiger partial charge on any atom is -0.446 e. The molecule has 0 aromatic heterocycles. The number of carbonyl (C=O) groups is 3. The van der Waals surface area contributed by atoms with Gasteiger partial charge in [-0.25, -0.2) is 4.79 Å². The van der Waals surface area contributed by atoms with Crippen molar-refractivity contribution < 1.29 is 28.6 Å². The molecule has 9 nitrogen and oxygen atoms in total. The van der Waals surface area contributed by atoms with Gasteiger partial charge in [0.05, 0.1) is 0 Å². The predicted molar refractivity (Wildman–Crippen MR) is 159 cm³/mol. The molecule has 4 rings (SSSR count). The molecule has 10 heteroatoms. The number of hydrogen-bond donors (Lipinski definition) is 3. The molecule has 226 valence electrons. The maximum absolute atomic E-state index is 13.8. The molecular weight excluding hydrogens is 541 g/mol. The van der Waals surface area contributed by atoms with Crippen molar-refractivity contribution in [2.24, 2.45) is 11.3 Å². The summed E-state index contributed by atoms with van der Waals surface area (Å²) in [5, 5.41) is 4.42. The number of hydrogen-bond acceptors (Lipinski definition) is 5. The van der Waals surface area contributed by atoms with Crippen LogP contribution in [0.15, 0.2) is 36.9 Å². The zero-order valence-corrected chi connectivity index (χ0v) is 25.8. The summed E-state index contributed by atoms with van der Waals surface area (Å²) in [6, 6.07) is 6.08. The molecule has 3 aliphatic rings. The average Bonchev–Trinajstić information content (AvgIpc) is 3.24. The zero-order valence-electron chi connectivity index (χ0n) is 24.9. The molecular formula is C31H46N3O6P. The first kappa shape index (κ1) is 31.3. The van der Waals surface area contributed by atoms with Crippen molar-refractivity contribution in [1.82, 2.24) is 15.5 Å². The molecule has 1 heterocycles. The van der Waals surface area contributed by atoms with E-state index in [1.54, 1.807) is 6.08 Å². The van der Waals surface area contributed by atoms with Crippen LogP contribution in [-0.2, 0) is 25.3 Å². The molecule has 1 saturated heterocycles. The number of aryl methyl sites for hydroxylation is 2. The van der Waals surface area contributed by atoms with Crippen molar-refractivity contribution >= 4 is 25.3 Å². The molecule has 3 N–H and O–H groups in total. The van der Waals surface area contributed by atoms with E-state index in [-0.39, 0.29) is 24.1 Å². The summed E-state index contributed by atoms with van der Waals surface area (Å²) in [4.78, 5) is 53.0. The lowest BCUT2D eigenvalue weighted by atomic mass is 9.85. The van der Waals surface area contributed by atoms with Crippen LogP contribution in [0.4, 0.5) is 4.79 Å². The lowest BCUT2D eigenvalue weighted by Crippen LogP contribution is -2.58. The molecule has 1 aliphatic heterocycles. The summed E-state index contributed by atoms with van der Waals surface area (Å²) < 4.78 is 19.3. The minimum absolute atomic E-state index is 0.0366. The van der Waals surface area contributed by atoms with Gasteiger partial charge in [-0.3, -0.25) is 14.2 Å². The molecule has 5 atom stereocenters. The van der Waals surface area contributed by atoms with Crippen LogP contribution < -0.4 is 10.6 Å². The van der Waals surface area contributed by atoms with Crippen molar-refractivity contribution in [3.8, 4) is 0 Å². The topological polar surface area (TPSA) is 125 Å². The second-order valence-electron chi connectivity index (χ2n) is 13.0. The predicted octanol–water partition coefficient (Wildman–Crippen LogP) is 4.90. The molecule has 2 saturated carbocycles. The molecule has 1 unspecified atom stereocenters. The van der Waals surface area contributed by atoms with Gasteiger partial charge in [0, 0.05) is 18.6 Å². The maximum atomic E-state index is 13.8. The molecule has 0 radical (unpaired) electrons. The SMILES string of the molecule is C=C[C@@H]1C[C@]1(NC(=O)[C@@H]1CCCN1C(=O)[C@@H](NC(=O)OC1CCCC1)C(C)(C)C)P(=O)(O)CCc1ccccc1C. The number of carbonyl (C=O) groups excluding carboxylic acids is 3. The molecule has 1 aromatic carbocycles. The normalized spacial score (nSPS) is 26.6. The van der Waals surface area contributed by atoms with Crippen molar-refractivity contribution in [2.45, 2.75) is 103 Å². The lowest BCUT2D eigenvalue weighted by Gasteiger charge is -2.36. The highest BCUT2D eigenvalue weighted by atomic mass is 31.2. The fraction of sp³-hybridized carbons (Fsp3) is 0.645. The fourth-order valence-electron chi connectivity index (χ4n) is 6.27. The Kier molecular flexibility index (Phi) is 9.39. The van der Waals surface area contributed by atoms with Crippen molar-refractivity contribution in [3.05, 3.63) is 48.0 Å². The van der Waals surface area contributed by atoms with E-state index in [0.29, 0.717) is 32.2 Å². The Balaban J connectivity index is 1.46. The number of nitrogens with zero attached hydrogens (tertiary/aromatic N) is 1. The Hall–Kier alpha value is -2.64. The number of benzene rings is 1. The van der Waals surface area contributed by atoms with Crippen LogP contribution in [-0.4, -0.2) is 63.9 Å². The van der Waals surface area contributed by atoms with Gasteiger partial charge in [0.2, 0.25) is 19.2 Å². The van der Waals surface area contributed by atoms with Crippen LogP contribution in [0, 0.1) is 18.3 Å². The van der Waals surface area contributed by atoms with Gasteiger partial charge in [-0.1, -0.05) is 51.1 Å². The lowest BCUT2D eigenvalue weighted by molar-refractivity contribution is -0.142. The minimum atomic E-state index is -3.84. The van der Waals surface area contributed by atoms with E-state index in [0.717, 1.165) is 36.8 Å². The van der Waals surface area contributed by atoms with Crippen LogP contribution >= 0.6 is 7.37 Å². The summed E-state index contributed by atoms with van der Waals surface area (Å²) in [5.41, 5.74) is 1.42. The van der Waals surface area contributed by atoms with E-state index in [2.05, 4.69) is 17.2 Å². The zero-order chi connectivity index (χ0) is 30.0. The molecule has 3 fully saturated rings. The summed E-state index contributed by atoms with van der Waals surface area (Å²) in [5.74, 6) is -1.11. The Morgan fingerprint density at radius 1 is 1.20 bits per heavy atom. The third-order valence-corrected chi connectivity index (χ3v) is 11.7. The Morgan fingerprint density at radius 2 is 1.88 bits per heavy atom. The average molecular weight is 588 g/mol. The number of amides is 3. The second-order valence-corrected chi connectivity index (χ2v) is 15.7. The van der Waals surface area contributed by atoms with Crippen molar-refractivity contribution in [3.63, 3.8) is 0 Å². The maximum Gasteiger partial charge on any atom is 0.408 e. The summed E-state index contributed by atoms with van der Waals surface area (Å²) in [6.07, 6.45) is 6.41. The van der Waals surface area contributed by atoms with Gasteiger partial charge in [-0.2, -0.15) is 0 Å². The van der Waals surface area contributed by atoms with E-state index < -0.39 is 42.1 Å². The first-order valence-corrected chi connectivity index (χ1v) is 16.7. The smallest absolute Gasteiger partial charge is 0.408 e. The summed E-state index contributed by atoms with van der Waals surface area (Å²) in [6.45, 7) is 11.7. The van der Waals surface area contributed by atoms with Gasteiger partial charge >= 0.3 is 6.09 Å². The molecule has 0 spiro atoms. The standard InChI is InChI=1S/C31H46N3O6P/c1-6-23-20-31(23,41(38,39)19-17-22-13-8-7-12-21(22)2)33-27(35)25-16-11-18-34(25)28(36)26(30(3,4)5)32-29(37)40-24-14-9-10-15-24/h6-8,12-13,23-26H,1,9-11,14-20H2,2-5H3,(H,32,37)(H,33,35)(H,38,39)/t23-,25+,26-,31+/m1/s1. The van der Waals surface area contributed by atoms with E-state index in [1.165, 1.54) is 4.90 Å². The Labute approximate surface area is 243 Å². The molecule has 2 aliphatic carbocycles. The number of nitrogens with one attached hydrogen (secondary N) is 2. The third kappa shape index (κ3) is 6.89. The van der Waals surface area contributed by atoms with Crippen LogP contribution in [0.1, 0.15) is 76.8 Å². The number of alkyl carbamates (subject to hydrolysis) is 1. The highest BCUT2D eigenvalue weighted by molar-refractivity contribution is 7.60. The van der Waals surface area contributed by atoms with Crippen molar-refractivity contribution in [1.29, 1.82) is 0 Å². The quantitative estimate of drug-likeness (QED) is 0.264. The van der Waals surface area contributed by atoms with E-state index in [9.17, 15) is 23.8 Å². The molecule has 41 heavy (non-hydrogen) atoms. The first-order valence-electron chi connectivity index (χ1n) is 14.9. The van der Waals surface area contributed by atoms with Crippen LogP contribution in [0.5, 0.6) is 0 Å². The Bertz CT molecular complexity index is 1210. The Morgan fingerprint density at radius 3 is 2.49 bits per heavy atom. The molecule has 3 amide bonds. The van der Waals surface area contributed by atoms with Crippen molar-refractivity contribution in [2.75, 3.05) is 12.7 Å². The van der Waals surface area contributed by atoms with Gasteiger partial charge in [-0.15, -0.1) is 6.58 Å². The fourth-order valence-corrected chi connectivity index (χ4v) is 8.61. The van der Waals surface area contributed by atoms with Crippen LogP contribution in [0.2, 0.25) is 0 Å². The van der Waals surface area contributed by atoms with Gasteiger partial charge < -0.3 is 25.2 Å². The van der Waals surface area contributed by atoms with E-state index in [4.69, 9.17) is 4.74 Å². The van der Waals surface area contributed by atoms with Crippen LogP contribution in [0.25, 0.3) is 0 Å². The highest BCUT2D eigenvalue weighted by Crippen LogP contribution is 2.69. The van der Waals surface area contributed by atoms with Crippen LogP contribution in [0.3, 0.4) is 0 Å². The highest BCUT2D eigenvalue weighted by Gasteiger charge is 2.65. The number of rotatable bonds is 10. The van der Waals surface area contributed by atoms with Gasteiger partial charge in [0.1, 0.15) is 23.5 Å². The van der Waals surface area contributed by atoms with E-state index in [1.807, 2.05) is 52.0 Å². The van der Waals surface area contributed by atoms with E-state index >= 15 is 0 Å². The van der Waals surface area contributed by atoms with Gasteiger partial charge in [-0.05, 0) is 74.8 Å². The monoisotopic (exact) mass is 587 g/mol. The first-order chi connectivity index (χ1) is 19.3. The number of ether oxygens (including phenoxy) is 1. The molecule has 1 aromatic rings. The summed E-state index contributed by atoms with van der Waals surface area (Å²) in [7, 11) is -3.84. The second kappa shape index (κ2) is 12.3. The largest absolute Gasteiger partial charge is 0.446 e. The molecule has 0 bridgehead atoms. The summed E-state index contributed by atoms with van der Waals surface area (Å²) >= 11 is 0.